The lowest BCUT2D eigenvalue weighted by molar-refractivity contribution is 0.252. The van der Waals surface area contributed by atoms with Crippen LogP contribution in [0.5, 0.6) is 11.5 Å². The van der Waals surface area contributed by atoms with Crippen molar-refractivity contribution in [1.29, 1.82) is 0 Å². The monoisotopic (exact) mass is 314 g/mol. The number of carbonyl (C=O) groups excluding carboxylic acids is 1. The number of methoxy groups -OCH3 is 2. The Morgan fingerprint density at radius 3 is 2.35 bits per heavy atom. The van der Waals surface area contributed by atoms with E-state index < -0.39 is 0 Å². The van der Waals surface area contributed by atoms with Crippen molar-refractivity contribution in [2.45, 2.75) is 13.3 Å². The van der Waals surface area contributed by atoms with Gasteiger partial charge in [0, 0.05) is 18.3 Å². The number of urea groups is 1. The standard InChI is InChI=1S/C18H22N2O3/c1-13-4-6-14(7-5-13)10-11-19-18(21)20-15-8-9-16(22-2)17(12-15)23-3/h4-9,12H,10-11H2,1-3H3,(H2,19,20,21). The molecule has 0 spiro atoms. The highest BCUT2D eigenvalue weighted by atomic mass is 16.5. The van der Waals surface area contributed by atoms with Gasteiger partial charge in [0.2, 0.25) is 0 Å². The van der Waals surface area contributed by atoms with Gasteiger partial charge in [-0.15, -0.1) is 0 Å². The molecule has 2 N–H and O–H groups in total. The molecule has 23 heavy (non-hydrogen) atoms. The number of benzene rings is 2. The fourth-order valence-electron chi connectivity index (χ4n) is 2.16. The Balaban J connectivity index is 1.83. The first kappa shape index (κ1) is 16.7. The molecule has 0 unspecified atom stereocenters. The van der Waals surface area contributed by atoms with Crippen molar-refractivity contribution in [3.63, 3.8) is 0 Å². The third-order valence-electron chi connectivity index (χ3n) is 3.46. The topological polar surface area (TPSA) is 59.6 Å². The van der Waals surface area contributed by atoms with Crippen molar-refractivity contribution in [3.8, 4) is 11.5 Å². The number of anilines is 1. The summed E-state index contributed by atoms with van der Waals surface area (Å²) in [6, 6.07) is 13.3. The van der Waals surface area contributed by atoms with E-state index in [9.17, 15) is 4.79 Å². The van der Waals surface area contributed by atoms with E-state index in [-0.39, 0.29) is 6.03 Å². The summed E-state index contributed by atoms with van der Waals surface area (Å²) in [6.45, 7) is 2.63. The summed E-state index contributed by atoms with van der Waals surface area (Å²) in [5, 5.41) is 5.62. The summed E-state index contributed by atoms with van der Waals surface area (Å²) in [5.74, 6) is 1.20. The molecule has 5 heteroatoms. The van der Waals surface area contributed by atoms with Gasteiger partial charge >= 0.3 is 6.03 Å². The molecule has 0 radical (unpaired) electrons. The van der Waals surface area contributed by atoms with Gasteiger partial charge in [-0.2, -0.15) is 0 Å². The third kappa shape index (κ3) is 4.92. The van der Waals surface area contributed by atoms with E-state index in [0.29, 0.717) is 23.7 Å². The van der Waals surface area contributed by atoms with E-state index in [0.717, 1.165) is 6.42 Å². The third-order valence-corrected chi connectivity index (χ3v) is 3.46. The maximum Gasteiger partial charge on any atom is 0.319 e. The van der Waals surface area contributed by atoms with E-state index in [1.54, 1.807) is 32.4 Å². The molecule has 0 saturated heterocycles. The summed E-state index contributed by atoms with van der Waals surface area (Å²) in [6.07, 6.45) is 0.791. The highest BCUT2D eigenvalue weighted by Crippen LogP contribution is 2.29. The van der Waals surface area contributed by atoms with Crippen LogP contribution in [0.1, 0.15) is 11.1 Å². The zero-order valence-corrected chi connectivity index (χ0v) is 13.7. The first-order valence-corrected chi connectivity index (χ1v) is 7.45. The average Bonchev–Trinajstić information content (AvgIpc) is 2.56. The maximum absolute atomic E-state index is 11.9. The van der Waals surface area contributed by atoms with Crippen LogP contribution in [0.4, 0.5) is 10.5 Å². The van der Waals surface area contributed by atoms with Crippen LogP contribution in [0.3, 0.4) is 0 Å². The molecule has 2 aromatic carbocycles. The molecule has 2 amide bonds. The summed E-state index contributed by atoms with van der Waals surface area (Å²) in [7, 11) is 3.13. The van der Waals surface area contributed by atoms with E-state index in [2.05, 4.69) is 41.8 Å². The zero-order valence-electron chi connectivity index (χ0n) is 13.7. The Bertz CT molecular complexity index is 654. The van der Waals surface area contributed by atoms with Crippen LogP contribution in [-0.4, -0.2) is 26.8 Å². The zero-order chi connectivity index (χ0) is 16.7. The van der Waals surface area contributed by atoms with Crippen molar-refractivity contribution in [1.82, 2.24) is 5.32 Å². The van der Waals surface area contributed by atoms with Crippen molar-refractivity contribution in [3.05, 3.63) is 53.6 Å². The number of aryl methyl sites for hydroxylation is 1. The Morgan fingerprint density at radius 2 is 1.70 bits per heavy atom. The van der Waals surface area contributed by atoms with E-state index >= 15 is 0 Å². The van der Waals surface area contributed by atoms with Crippen LogP contribution in [-0.2, 0) is 6.42 Å². The van der Waals surface area contributed by atoms with Crippen LogP contribution in [0.15, 0.2) is 42.5 Å². The quantitative estimate of drug-likeness (QED) is 0.859. The van der Waals surface area contributed by atoms with E-state index in [1.165, 1.54) is 11.1 Å². The van der Waals surface area contributed by atoms with Crippen LogP contribution in [0, 0.1) is 6.92 Å². The first-order chi connectivity index (χ1) is 11.1. The number of hydrogen-bond donors (Lipinski definition) is 2. The van der Waals surface area contributed by atoms with Crippen LogP contribution >= 0.6 is 0 Å². The Labute approximate surface area is 136 Å². The van der Waals surface area contributed by atoms with Crippen molar-refractivity contribution in [2.75, 3.05) is 26.1 Å². The molecule has 0 bridgehead atoms. The minimum atomic E-state index is -0.246. The molecule has 0 saturated carbocycles. The van der Waals surface area contributed by atoms with Gasteiger partial charge in [0.15, 0.2) is 11.5 Å². The normalized spacial score (nSPS) is 10.0. The molecule has 2 rings (SSSR count). The molecule has 5 nitrogen and oxygen atoms in total. The molecular formula is C18H22N2O3. The van der Waals surface area contributed by atoms with Crippen LogP contribution in [0.25, 0.3) is 0 Å². The maximum atomic E-state index is 11.9. The summed E-state index contributed by atoms with van der Waals surface area (Å²) < 4.78 is 10.4. The number of nitrogens with one attached hydrogen (secondary N) is 2. The van der Waals surface area contributed by atoms with Gasteiger partial charge in [0.05, 0.1) is 14.2 Å². The Kier molecular flexibility index (Phi) is 5.86. The second-order valence-electron chi connectivity index (χ2n) is 5.19. The molecule has 0 aromatic heterocycles. The molecule has 0 fully saturated rings. The van der Waals surface area contributed by atoms with Crippen molar-refractivity contribution >= 4 is 11.7 Å². The molecule has 0 atom stereocenters. The summed E-state index contributed by atoms with van der Waals surface area (Å²) in [5.41, 5.74) is 3.07. The lowest BCUT2D eigenvalue weighted by atomic mass is 10.1. The fraction of sp³-hybridized carbons (Fsp3) is 0.278. The summed E-state index contributed by atoms with van der Waals surface area (Å²) in [4.78, 5) is 11.9. The molecule has 0 heterocycles. The van der Waals surface area contributed by atoms with Gasteiger partial charge in [0.25, 0.3) is 0 Å². The van der Waals surface area contributed by atoms with Gasteiger partial charge in [-0.05, 0) is 31.0 Å². The SMILES string of the molecule is COc1ccc(NC(=O)NCCc2ccc(C)cc2)cc1OC. The molecule has 122 valence electrons. The smallest absolute Gasteiger partial charge is 0.319 e. The largest absolute Gasteiger partial charge is 0.493 e. The minimum Gasteiger partial charge on any atom is -0.493 e. The number of carbonyl (C=O) groups is 1. The minimum absolute atomic E-state index is 0.246. The number of ether oxygens (including phenoxy) is 2. The lowest BCUT2D eigenvalue weighted by Crippen LogP contribution is -2.30. The van der Waals surface area contributed by atoms with Gasteiger partial charge in [-0.1, -0.05) is 29.8 Å². The predicted molar refractivity (Wildman–Crippen MR) is 91.5 cm³/mol. The summed E-state index contributed by atoms with van der Waals surface area (Å²) >= 11 is 0. The van der Waals surface area contributed by atoms with Crippen LogP contribution < -0.4 is 20.1 Å². The second kappa shape index (κ2) is 8.08. The Morgan fingerprint density at radius 1 is 1.00 bits per heavy atom. The molecule has 2 aromatic rings. The fourth-order valence-corrected chi connectivity index (χ4v) is 2.16. The highest BCUT2D eigenvalue weighted by Gasteiger charge is 2.07. The van der Waals surface area contributed by atoms with Gasteiger partial charge in [0.1, 0.15) is 0 Å². The molecule has 0 aliphatic heterocycles. The molecular weight excluding hydrogens is 292 g/mol. The first-order valence-electron chi connectivity index (χ1n) is 7.45. The van der Waals surface area contributed by atoms with E-state index in [4.69, 9.17) is 9.47 Å². The molecule has 0 aliphatic carbocycles. The number of hydrogen-bond acceptors (Lipinski definition) is 3. The lowest BCUT2D eigenvalue weighted by Gasteiger charge is -2.11. The van der Waals surface area contributed by atoms with Crippen molar-refractivity contribution in [2.24, 2.45) is 0 Å². The van der Waals surface area contributed by atoms with Gasteiger partial charge in [-0.3, -0.25) is 0 Å². The molecule has 0 aliphatic rings. The number of rotatable bonds is 6. The second-order valence-corrected chi connectivity index (χ2v) is 5.19. The van der Waals surface area contributed by atoms with Crippen LogP contribution in [0.2, 0.25) is 0 Å². The highest BCUT2D eigenvalue weighted by molar-refractivity contribution is 5.89. The van der Waals surface area contributed by atoms with E-state index in [1.807, 2.05) is 0 Å². The Hall–Kier alpha value is -2.69. The van der Waals surface area contributed by atoms with Crippen molar-refractivity contribution < 1.29 is 14.3 Å². The van der Waals surface area contributed by atoms with Gasteiger partial charge in [-0.25, -0.2) is 4.79 Å². The predicted octanol–water partition coefficient (Wildman–Crippen LogP) is 3.38. The number of amides is 2. The van der Waals surface area contributed by atoms with Gasteiger partial charge < -0.3 is 20.1 Å². The average molecular weight is 314 g/mol.